The molecule has 4 nitrogen and oxygen atoms in total. The first-order chi connectivity index (χ1) is 7.18. The monoisotopic (exact) mass is 213 g/mol. The van der Waals surface area contributed by atoms with E-state index < -0.39 is 0 Å². The zero-order chi connectivity index (χ0) is 11.1. The lowest BCUT2D eigenvalue weighted by molar-refractivity contribution is -0.118. The van der Waals surface area contributed by atoms with Crippen molar-refractivity contribution in [3.05, 3.63) is 0 Å². The number of rotatable bonds is 5. The third kappa shape index (κ3) is 5.74. The fourth-order valence-corrected chi connectivity index (χ4v) is 2.07. The van der Waals surface area contributed by atoms with Crippen LogP contribution in [0.2, 0.25) is 0 Å². The number of amides is 1. The van der Waals surface area contributed by atoms with Gasteiger partial charge in [-0.3, -0.25) is 4.79 Å². The maximum Gasteiger partial charge on any atom is 0.216 e. The molecular weight excluding hydrogens is 190 g/mol. The molecule has 0 bridgehead atoms. The number of likely N-dealkylation sites (tertiary alicyclic amines) is 1. The van der Waals surface area contributed by atoms with Crippen LogP contribution in [0, 0.1) is 5.92 Å². The highest BCUT2D eigenvalue weighted by Gasteiger charge is 2.15. The number of nitrogens with one attached hydrogen (secondary N) is 2. The van der Waals surface area contributed by atoms with Gasteiger partial charge in [-0.1, -0.05) is 0 Å². The van der Waals surface area contributed by atoms with E-state index in [9.17, 15) is 4.79 Å². The van der Waals surface area contributed by atoms with Crippen molar-refractivity contribution in [2.24, 2.45) is 5.92 Å². The van der Waals surface area contributed by atoms with Gasteiger partial charge in [-0.2, -0.15) is 0 Å². The van der Waals surface area contributed by atoms with Gasteiger partial charge in [0.05, 0.1) is 0 Å². The molecule has 0 aromatic carbocycles. The van der Waals surface area contributed by atoms with Crippen molar-refractivity contribution in [3.63, 3.8) is 0 Å². The maximum absolute atomic E-state index is 10.6. The van der Waals surface area contributed by atoms with Crippen LogP contribution in [0.3, 0.4) is 0 Å². The molecule has 2 N–H and O–H groups in total. The lowest BCUT2D eigenvalue weighted by Crippen LogP contribution is -2.39. The second-order valence-corrected chi connectivity index (χ2v) is 4.46. The van der Waals surface area contributed by atoms with Crippen LogP contribution in [0.5, 0.6) is 0 Å². The summed E-state index contributed by atoms with van der Waals surface area (Å²) in [7, 11) is 2.18. The Morgan fingerprint density at radius 3 is 2.93 bits per heavy atom. The van der Waals surface area contributed by atoms with Crippen molar-refractivity contribution in [1.82, 2.24) is 15.5 Å². The lowest BCUT2D eigenvalue weighted by Gasteiger charge is -2.29. The molecule has 0 saturated carbocycles. The predicted octanol–water partition coefficient (Wildman–Crippen LogP) is 0.0539. The minimum Gasteiger partial charge on any atom is -0.355 e. The van der Waals surface area contributed by atoms with Crippen molar-refractivity contribution in [2.45, 2.75) is 19.8 Å². The molecular formula is C11H23N3O. The van der Waals surface area contributed by atoms with Crippen molar-refractivity contribution in [2.75, 3.05) is 39.8 Å². The Kier molecular flexibility index (Phi) is 5.65. The molecule has 0 spiro atoms. The Hall–Kier alpha value is -0.610. The average Bonchev–Trinajstić information content (AvgIpc) is 2.17. The van der Waals surface area contributed by atoms with Gasteiger partial charge in [-0.15, -0.1) is 0 Å². The summed E-state index contributed by atoms with van der Waals surface area (Å²) < 4.78 is 0. The van der Waals surface area contributed by atoms with Gasteiger partial charge in [-0.25, -0.2) is 0 Å². The highest BCUT2D eigenvalue weighted by atomic mass is 16.1. The normalized spacial score (nSPS) is 22.7. The van der Waals surface area contributed by atoms with Crippen LogP contribution in [-0.2, 0) is 4.79 Å². The van der Waals surface area contributed by atoms with Crippen LogP contribution in [0.1, 0.15) is 19.8 Å². The smallest absolute Gasteiger partial charge is 0.216 e. The van der Waals surface area contributed by atoms with E-state index in [1.54, 1.807) is 6.92 Å². The SMILES string of the molecule is CC(=O)NCCNCC1CCCN(C)C1. The van der Waals surface area contributed by atoms with Crippen molar-refractivity contribution >= 4 is 5.91 Å². The van der Waals surface area contributed by atoms with Gasteiger partial charge in [0, 0.05) is 26.6 Å². The molecule has 88 valence electrons. The number of carbonyl (C=O) groups excluding carboxylic acids is 1. The van der Waals surface area contributed by atoms with E-state index in [4.69, 9.17) is 0 Å². The number of piperidine rings is 1. The van der Waals surface area contributed by atoms with Gasteiger partial charge in [0.15, 0.2) is 0 Å². The highest BCUT2D eigenvalue weighted by Crippen LogP contribution is 2.13. The molecule has 1 unspecified atom stereocenters. The first kappa shape index (κ1) is 12.5. The molecule has 1 aliphatic rings. The first-order valence-electron chi connectivity index (χ1n) is 5.82. The molecule has 1 rings (SSSR count). The summed E-state index contributed by atoms with van der Waals surface area (Å²) in [6.45, 7) is 6.67. The molecule has 1 aliphatic heterocycles. The van der Waals surface area contributed by atoms with Crippen LogP contribution in [-0.4, -0.2) is 50.6 Å². The Morgan fingerprint density at radius 2 is 2.27 bits per heavy atom. The van der Waals surface area contributed by atoms with Crippen molar-refractivity contribution < 1.29 is 4.79 Å². The van der Waals surface area contributed by atoms with Crippen LogP contribution in [0.25, 0.3) is 0 Å². The topological polar surface area (TPSA) is 44.4 Å². The highest BCUT2D eigenvalue weighted by molar-refractivity contribution is 5.72. The van der Waals surface area contributed by atoms with E-state index in [0.717, 1.165) is 25.6 Å². The van der Waals surface area contributed by atoms with E-state index in [1.165, 1.54) is 25.9 Å². The summed E-state index contributed by atoms with van der Waals surface area (Å²) in [6, 6.07) is 0. The zero-order valence-electron chi connectivity index (χ0n) is 9.88. The Labute approximate surface area is 92.4 Å². The Balaban J connectivity index is 1.97. The van der Waals surface area contributed by atoms with E-state index in [0.29, 0.717) is 0 Å². The second-order valence-electron chi connectivity index (χ2n) is 4.46. The second kappa shape index (κ2) is 6.80. The average molecular weight is 213 g/mol. The fraction of sp³-hybridized carbons (Fsp3) is 0.909. The molecule has 0 aliphatic carbocycles. The largest absolute Gasteiger partial charge is 0.355 e. The van der Waals surface area contributed by atoms with Crippen LogP contribution in [0.15, 0.2) is 0 Å². The summed E-state index contributed by atoms with van der Waals surface area (Å²) in [5.74, 6) is 0.829. The molecule has 1 heterocycles. The zero-order valence-corrected chi connectivity index (χ0v) is 9.88. The molecule has 0 radical (unpaired) electrons. The lowest BCUT2D eigenvalue weighted by atomic mass is 9.98. The fourth-order valence-electron chi connectivity index (χ4n) is 2.07. The van der Waals surface area contributed by atoms with E-state index in [2.05, 4.69) is 22.6 Å². The first-order valence-corrected chi connectivity index (χ1v) is 5.82. The summed E-state index contributed by atoms with van der Waals surface area (Å²) >= 11 is 0. The summed E-state index contributed by atoms with van der Waals surface area (Å²) in [4.78, 5) is 13.0. The molecule has 4 heteroatoms. The van der Waals surface area contributed by atoms with Gasteiger partial charge in [0.1, 0.15) is 0 Å². The van der Waals surface area contributed by atoms with Crippen LogP contribution < -0.4 is 10.6 Å². The molecule has 15 heavy (non-hydrogen) atoms. The van der Waals surface area contributed by atoms with Crippen LogP contribution in [0.4, 0.5) is 0 Å². The Morgan fingerprint density at radius 1 is 1.47 bits per heavy atom. The standard InChI is InChI=1S/C11H23N3O/c1-10(15)13-6-5-12-8-11-4-3-7-14(2)9-11/h11-12H,3-9H2,1-2H3,(H,13,15). The van der Waals surface area contributed by atoms with Gasteiger partial charge < -0.3 is 15.5 Å². The Bertz CT molecular complexity index is 196. The summed E-state index contributed by atoms with van der Waals surface area (Å²) in [5.41, 5.74) is 0. The minimum absolute atomic E-state index is 0.0502. The van der Waals surface area contributed by atoms with E-state index in [-0.39, 0.29) is 5.91 Å². The van der Waals surface area contributed by atoms with Gasteiger partial charge in [-0.05, 0) is 38.9 Å². The molecule has 0 aromatic rings. The molecule has 0 aromatic heterocycles. The number of hydrogen-bond donors (Lipinski definition) is 2. The number of carbonyl (C=O) groups is 1. The third-order valence-electron chi connectivity index (χ3n) is 2.83. The van der Waals surface area contributed by atoms with E-state index in [1.807, 2.05) is 0 Å². The molecule has 1 fully saturated rings. The maximum atomic E-state index is 10.6. The summed E-state index contributed by atoms with van der Waals surface area (Å²) in [5, 5.41) is 6.17. The van der Waals surface area contributed by atoms with Gasteiger partial charge in [0.25, 0.3) is 0 Å². The number of hydrogen-bond acceptors (Lipinski definition) is 3. The minimum atomic E-state index is 0.0502. The van der Waals surface area contributed by atoms with Gasteiger partial charge in [0.2, 0.25) is 5.91 Å². The summed E-state index contributed by atoms with van der Waals surface area (Å²) in [6.07, 6.45) is 2.64. The molecule has 1 atom stereocenters. The quantitative estimate of drug-likeness (QED) is 0.635. The van der Waals surface area contributed by atoms with Gasteiger partial charge >= 0.3 is 0 Å². The number of nitrogens with zero attached hydrogens (tertiary/aromatic N) is 1. The van der Waals surface area contributed by atoms with Crippen molar-refractivity contribution in [3.8, 4) is 0 Å². The van der Waals surface area contributed by atoms with Crippen molar-refractivity contribution in [1.29, 1.82) is 0 Å². The van der Waals surface area contributed by atoms with E-state index >= 15 is 0 Å². The van der Waals surface area contributed by atoms with Crippen LogP contribution >= 0.6 is 0 Å². The molecule has 1 saturated heterocycles. The third-order valence-corrected chi connectivity index (χ3v) is 2.83. The predicted molar refractivity (Wildman–Crippen MR) is 61.8 cm³/mol. The molecule has 1 amide bonds.